The van der Waals surface area contributed by atoms with Crippen LogP contribution in [-0.2, 0) is 4.79 Å². The van der Waals surface area contributed by atoms with Crippen LogP contribution in [-0.4, -0.2) is 61.5 Å². The number of amides is 1. The fraction of sp³-hybridized carbons (Fsp3) is 0.933. The van der Waals surface area contributed by atoms with Crippen molar-refractivity contribution >= 4 is 5.91 Å². The van der Waals surface area contributed by atoms with Crippen LogP contribution in [0.3, 0.4) is 0 Å². The van der Waals surface area contributed by atoms with E-state index in [0.717, 1.165) is 45.8 Å². The third-order valence-electron chi connectivity index (χ3n) is 3.77. The summed E-state index contributed by atoms with van der Waals surface area (Å²) in [5.41, 5.74) is 0. The average Bonchev–Trinajstić information content (AvgIpc) is 2.47. The van der Waals surface area contributed by atoms with E-state index in [1.807, 2.05) is 4.90 Å². The number of hydrogen-bond donors (Lipinski definition) is 1. The van der Waals surface area contributed by atoms with Crippen LogP contribution in [0.1, 0.15) is 46.0 Å². The topological polar surface area (TPSA) is 35.6 Å². The molecule has 19 heavy (non-hydrogen) atoms. The Hall–Kier alpha value is -0.610. The van der Waals surface area contributed by atoms with Gasteiger partial charge in [0.1, 0.15) is 0 Å². The number of hydrogen-bond acceptors (Lipinski definition) is 3. The van der Waals surface area contributed by atoms with Gasteiger partial charge in [0.05, 0.1) is 0 Å². The summed E-state index contributed by atoms with van der Waals surface area (Å²) in [5, 5.41) is 3.29. The molecule has 0 aromatic rings. The van der Waals surface area contributed by atoms with E-state index in [0.29, 0.717) is 12.3 Å². The Balaban J connectivity index is 2.25. The first-order chi connectivity index (χ1) is 9.27. The van der Waals surface area contributed by atoms with Crippen LogP contribution in [0, 0.1) is 0 Å². The quantitative estimate of drug-likeness (QED) is 0.692. The average molecular weight is 269 g/mol. The van der Waals surface area contributed by atoms with Crippen molar-refractivity contribution in [3.05, 3.63) is 0 Å². The Morgan fingerprint density at radius 2 is 1.63 bits per heavy atom. The third-order valence-corrected chi connectivity index (χ3v) is 3.77. The third kappa shape index (κ3) is 6.92. The molecule has 0 saturated carbocycles. The Morgan fingerprint density at radius 1 is 1.05 bits per heavy atom. The summed E-state index contributed by atoms with van der Waals surface area (Å²) in [6, 6.07) is 0. The van der Waals surface area contributed by atoms with Gasteiger partial charge in [-0.15, -0.1) is 0 Å². The number of carbonyl (C=O) groups excluding carboxylic acids is 1. The molecule has 0 unspecified atom stereocenters. The van der Waals surface area contributed by atoms with Gasteiger partial charge in [0.15, 0.2) is 0 Å². The van der Waals surface area contributed by atoms with Gasteiger partial charge in [-0.3, -0.25) is 4.79 Å². The number of unbranched alkanes of at least 4 members (excludes halogenated alkanes) is 2. The van der Waals surface area contributed by atoms with Crippen molar-refractivity contribution < 1.29 is 4.79 Å². The first-order valence-corrected chi connectivity index (χ1v) is 7.98. The van der Waals surface area contributed by atoms with Gasteiger partial charge in [0.2, 0.25) is 5.91 Å². The van der Waals surface area contributed by atoms with Gasteiger partial charge in [-0.2, -0.15) is 0 Å². The van der Waals surface area contributed by atoms with Crippen molar-refractivity contribution in [2.24, 2.45) is 0 Å². The minimum atomic E-state index is 0.333. The summed E-state index contributed by atoms with van der Waals surface area (Å²) >= 11 is 0. The highest BCUT2D eigenvalue weighted by Gasteiger charge is 2.16. The molecular formula is C15H31N3O. The second kappa shape index (κ2) is 10.2. The molecule has 0 bridgehead atoms. The van der Waals surface area contributed by atoms with E-state index in [9.17, 15) is 4.79 Å². The Bertz CT molecular complexity index is 232. The normalized spacial score (nSPS) is 16.1. The SMILES string of the molecule is CCCCN(CCCC)CCC(=O)N1CCNCC1. The lowest BCUT2D eigenvalue weighted by atomic mass is 10.2. The first kappa shape index (κ1) is 16.4. The molecule has 1 aliphatic heterocycles. The molecule has 0 spiro atoms. The van der Waals surface area contributed by atoms with E-state index in [-0.39, 0.29) is 0 Å². The Labute approximate surface area is 118 Å². The second-order valence-electron chi connectivity index (χ2n) is 5.43. The monoisotopic (exact) mass is 269 g/mol. The largest absolute Gasteiger partial charge is 0.340 e. The van der Waals surface area contributed by atoms with E-state index in [2.05, 4.69) is 24.1 Å². The van der Waals surface area contributed by atoms with Crippen molar-refractivity contribution in [2.75, 3.05) is 45.8 Å². The standard InChI is InChI=1S/C15H31N3O/c1-3-5-10-17(11-6-4-2)12-7-15(19)18-13-8-16-9-14-18/h16H,3-14H2,1-2H3. The van der Waals surface area contributed by atoms with Crippen LogP contribution < -0.4 is 5.32 Å². The van der Waals surface area contributed by atoms with Crippen molar-refractivity contribution in [1.82, 2.24) is 15.1 Å². The van der Waals surface area contributed by atoms with E-state index in [4.69, 9.17) is 0 Å². The fourth-order valence-corrected chi connectivity index (χ4v) is 2.42. The molecule has 0 atom stereocenters. The van der Waals surface area contributed by atoms with Crippen LogP contribution in [0.15, 0.2) is 0 Å². The zero-order valence-electron chi connectivity index (χ0n) is 12.8. The minimum absolute atomic E-state index is 0.333. The van der Waals surface area contributed by atoms with Crippen LogP contribution in [0.25, 0.3) is 0 Å². The molecule has 1 N–H and O–H groups in total. The molecule has 4 nitrogen and oxygen atoms in total. The van der Waals surface area contributed by atoms with Crippen LogP contribution in [0.2, 0.25) is 0 Å². The molecule has 1 aliphatic rings. The predicted molar refractivity (Wildman–Crippen MR) is 80.3 cm³/mol. The summed E-state index contributed by atoms with van der Waals surface area (Å²) < 4.78 is 0. The van der Waals surface area contributed by atoms with Gasteiger partial charge in [0, 0.05) is 39.1 Å². The van der Waals surface area contributed by atoms with Gasteiger partial charge >= 0.3 is 0 Å². The zero-order chi connectivity index (χ0) is 13.9. The van der Waals surface area contributed by atoms with Crippen LogP contribution in [0.5, 0.6) is 0 Å². The highest BCUT2D eigenvalue weighted by atomic mass is 16.2. The van der Waals surface area contributed by atoms with Crippen LogP contribution >= 0.6 is 0 Å². The van der Waals surface area contributed by atoms with Crippen LogP contribution in [0.4, 0.5) is 0 Å². The maximum Gasteiger partial charge on any atom is 0.223 e. The number of carbonyl (C=O) groups is 1. The van der Waals surface area contributed by atoms with Gasteiger partial charge in [-0.05, 0) is 25.9 Å². The lowest BCUT2D eigenvalue weighted by molar-refractivity contribution is -0.132. The number of nitrogens with one attached hydrogen (secondary N) is 1. The molecule has 1 fully saturated rings. The van der Waals surface area contributed by atoms with E-state index >= 15 is 0 Å². The highest BCUT2D eigenvalue weighted by molar-refractivity contribution is 5.76. The second-order valence-corrected chi connectivity index (χ2v) is 5.43. The molecule has 1 saturated heterocycles. The smallest absolute Gasteiger partial charge is 0.223 e. The molecule has 0 aliphatic carbocycles. The summed E-state index contributed by atoms with van der Waals surface area (Å²) in [6.45, 7) is 11.3. The number of nitrogens with zero attached hydrogens (tertiary/aromatic N) is 2. The first-order valence-electron chi connectivity index (χ1n) is 7.98. The summed E-state index contributed by atoms with van der Waals surface area (Å²) in [6.07, 6.45) is 5.63. The van der Waals surface area contributed by atoms with Crippen molar-refractivity contribution in [3.8, 4) is 0 Å². The zero-order valence-corrected chi connectivity index (χ0v) is 12.8. The van der Waals surface area contributed by atoms with E-state index < -0.39 is 0 Å². The molecule has 4 heteroatoms. The van der Waals surface area contributed by atoms with Gasteiger partial charge in [-0.25, -0.2) is 0 Å². The predicted octanol–water partition coefficient (Wildman–Crippen LogP) is 1.71. The maximum atomic E-state index is 12.1. The summed E-state index contributed by atoms with van der Waals surface area (Å²) in [5.74, 6) is 0.333. The molecule has 1 rings (SSSR count). The number of piperazine rings is 1. The van der Waals surface area contributed by atoms with Crippen molar-refractivity contribution in [1.29, 1.82) is 0 Å². The number of rotatable bonds is 9. The van der Waals surface area contributed by atoms with Gasteiger partial charge in [0.25, 0.3) is 0 Å². The van der Waals surface area contributed by atoms with Gasteiger partial charge < -0.3 is 15.1 Å². The summed E-state index contributed by atoms with van der Waals surface area (Å²) in [7, 11) is 0. The molecule has 1 heterocycles. The minimum Gasteiger partial charge on any atom is -0.340 e. The van der Waals surface area contributed by atoms with E-state index in [1.165, 1.54) is 25.7 Å². The molecular weight excluding hydrogens is 238 g/mol. The molecule has 0 radical (unpaired) electrons. The lowest BCUT2D eigenvalue weighted by Crippen LogP contribution is -2.47. The highest BCUT2D eigenvalue weighted by Crippen LogP contribution is 2.03. The van der Waals surface area contributed by atoms with E-state index in [1.54, 1.807) is 0 Å². The molecule has 112 valence electrons. The molecule has 1 amide bonds. The van der Waals surface area contributed by atoms with Gasteiger partial charge in [-0.1, -0.05) is 26.7 Å². The molecule has 0 aromatic heterocycles. The lowest BCUT2D eigenvalue weighted by Gasteiger charge is -2.29. The maximum absolute atomic E-state index is 12.1. The summed E-state index contributed by atoms with van der Waals surface area (Å²) in [4.78, 5) is 16.6. The van der Waals surface area contributed by atoms with Crippen molar-refractivity contribution in [2.45, 2.75) is 46.0 Å². The Kier molecular flexibility index (Phi) is 8.84. The fourth-order valence-electron chi connectivity index (χ4n) is 2.42. The van der Waals surface area contributed by atoms with Crippen molar-refractivity contribution in [3.63, 3.8) is 0 Å². The molecule has 0 aromatic carbocycles. The Morgan fingerprint density at radius 3 is 2.16 bits per heavy atom.